The van der Waals surface area contributed by atoms with E-state index in [-0.39, 0.29) is 5.78 Å². The third-order valence-corrected chi connectivity index (χ3v) is 2.19. The summed E-state index contributed by atoms with van der Waals surface area (Å²) in [5.74, 6) is -0.0371. The van der Waals surface area contributed by atoms with Crippen LogP contribution in [-0.2, 0) is 0 Å². The Morgan fingerprint density at radius 3 is 2.75 bits per heavy atom. The Kier molecular flexibility index (Phi) is 2.70. The second-order valence-electron chi connectivity index (χ2n) is 2.34. The summed E-state index contributed by atoms with van der Waals surface area (Å²) in [4.78, 5) is 15.2. The molecule has 12 heavy (non-hydrogen) atoms. The number of Topliss-reactive ketones (excluding diaryl/α,β-unsaturated/α-hetero) is 1. The number of nitrogens with two attached hydrogens (primary N) is 1. The topological polar surface area (TPSA) is 56.0 Å². The molecule has 2 N–H and O–H groups in total. The molecule has 1 aromatic heterocycles. The lowest BCUT2D eigenvalue weighted by Crippen LogP contribution is -2.02. The standard InChI is InChI=1S/C8H10N2OS/c1-5(11)7-6(9)3-4-10-8(7)12-2/h3-4H,1-2H3,(H2,9,10). The van der Waals surface area contributed by atoms with Gasteiger partial charge in [0.2, 0.25) is 0 Å². The van der Waals surface area contributed by atoms with Crippen LogP contribution in [0, 0.1) is 0 Å². The van der Waals surface area contributed by atoms with Gasteiger partial charge >= 0.3 is 0 Å². The molecule has 0 aliphatic heterocycles. The van der Waals surface area contributed by atoms with Gasteiger partial charge in [-0.25, -0.2) is 4.98 Å². The summed E-state index contributed by atoms with van der Waals surface area (Å²) in [6.45, 7) is 1.49. The largest absolute Gasteiger partial charge is 0.398 e. The van der Waals surface area contributed by atoms with Crippen LogP contribution < -0.4 is 5.73 Å². The number of nitrogen functional groups attached to an aromatic ring is 1. The molecule has 3 nitrogen and oxygen atoms in total. The highest BCUT2D eigenvalue weighted by Gasteiger charge is 2.10. The molecular weight excluding hydrogens is 172 g/mol. The van der Waals surface area contributed by atoms with Crippen molar-refractivity contribution in [1.82, 2.24) is 4.98 Å². The Balaban J connectivity index is 3.29. The number of pyridine rings is 1. The van der Waals surface area contributed by atoms with Crippen LogP contribution in [0.15, 0.2) is 17.3 Å². The van der Waals surface area contributed by atoms with E-state index in [0.29, 0.717) is 16.3 Å². The molecule has 1 rings (SSSR count). The molecule has 64 valence electrons. The summed E-state index contributed by atoms with van der Waals surface area (Å²) in [6.07, 6.45) is 3.47. The molecule has 0 unspecified atom stereocenters. The molecule has 4 heteroatoms. The highest BCUT2D eigenvalue weighted by atomic mass is 32.2. The Labute approximate surface area is 75.4 Å². The number of hydrogen-bond donors (Lipinski definition) is 1. The number of hydrogen-bond acceptors (Lipinski definition) is 4. The Morgan fingerprint density at radius 2 is 2.33 bits per heavy atom. The van der Waals surface area contributed by atoms with Gasteiger partial charge in [0, 0.05) is 11.9 Å². The van der Waals surface area contributed by atoms with E-state index >= 15 is 0 Å². The van der Waals surface area contributed by atoms with E-state index in [2.05, 4.69) is 4.98 Å². The van der Waals surface area contributed by atoms with E-state index < -0.39 is 0 Å². The van der Waals surface area contributed by atoms with Gasteiger partial charge in [-0.1, -0.05) is 0 Å². The van der Waals surface area contributed by atoms with Crippen LogP contribution in [0.1, 0.15) is 17.3 Å². The number of carbonyl (C=O) groups is 1. The van der Waals surface area contributed by atoms with Crippen molar-refractivity contribution in [2.45, 2.75) is 11.9 Å². The molecule has 0 saturated heterocycles. The number of carbonyl (C=O) groups excluding carboxylic acids is 1. The maximum absolute atomic E-state index is 11.1. The minimum absolute atomic E-state index is 0.0371. The lowest BCUT2D eigenvalue weighted by Gasteiger charge is -2.04. The molecule has 0 aliphatic rings. The SMILES string of the molecule is CSc1nccc(N)c1C(C)=O. The normalized spacial score (nSPS) is 9.83. The first-order valence-corrected chi connectivity index (χ1v) is 4.68. The van der Waals surface area contributed by atoms with Crippen molar-refractivity contribution in [2.75, 3.05) is 12.0 Å². The maximum atomic E-state index is 11.1. The van der Waals surface area contributed by atoms with Gasteiger partial charge in [-0.15, -0.1) is 11.8 Å². The van der Waals surface area contributed by atoms with Crippen molar-refractivity contribution in [1.29, 1.82) is 0 Å². The molecule has 0 amide bonds. The second-order valence-corrected chi connectivity index (χ2v) is 3.14. The zero-order valence-corrected chi connectivity index (χ0v) is 7.81. The van der Waals surface area contributed by atoms with Gasteiger partial charge < -0.3 is 5.73 Å². The van der Waals surface area contributed by atoms with Crippen molar-refractivity contribution in [3.05, 3.63) is 17.8 Å². The van der Waals surface area contributed by atoms with E-state index in [1.807, 2.05) is 6.26 Å². The van der Waals surface area contributed by atoms with Crippen molar-refractivity contribution >= 4 is 23.2 Å². The molecule has 0 fully saturated rings. The molecule has 0 aliphatic carbocycles. The average Bonchev–Trinajstić information content (AvgIpc) is 2.03. The Hall–Kier alpha value is -1.03. The van der Waals surface area contributed by atoms with Crippen LogP contribution in [0.3, 0.4) is 0 Å². The number of aromatic nitrogens is 1. The van der Waals surface area contributed by atoms with E-state index in [4.69, 9.17) is 5.73 Å². The minimum Gasteiger partial charge on any atom is -0.398 e. The smallest absolute Gasteiger partial charge is 0.164 e. The first-order valence-electron chi connectivity index (χ1n) is 3.46. The zero-order chi connectivity index (χ0) is 9.14. The van der Waals surface area contributed by atoms with Crippen molar-refractivity contribution in [2.24, 2.45) is 0 Å². The summed E-state index contributed by atoms with van der Waals surface area (Å²) in [5.41, 5.74) is 6.66. The molecular formula is C8H10N2OS. The van der Waals surface area contributed by atoms with Crippen LogP contribution >= 0.6 is 11.8 Å². The predicted octanol–water partition coefficient (Wildman–Crippen LogP) is 1.59. The molecule has 0 spiro atoms. The first kappa shape index (κ1) is 9.06. The fourth-order valence-corrected chi connectivity index (χ4v) is 1.60. The van der Waals surface area contributed by atoms with Crippen LogP contribution in [0.2, 0.25) is 0 Å². The molecule has 0 saturated carbocycles. The summed E-state index contributed by atoms with van der Waals surface area (Å²) >= 11 is 1.43. The van der Waals surface area contributed by atoms with Crippen LogP contribution in [0.25, 0.3) is 0 Å². The van der Waals surface area contributed by atoms with E-state index in [1.165, 1.54) is 18.7 Å². The van der Waals surface area contributed by atoms with E-state index in [1.54, 1.807) is 12.3 Å². The quantitative estimate of drug-likeness (QED) is 0.557. The average molecular weight is 182 g/mol. The molecule has 0 radical (unpaired) electrons. The van der Waals surface area contributed by atoms with Crippen LogP contribution in [0.4, 0.5) is 5.69 Å². The summed E-state index contributed by atoms with van der Waals surface area (Å²) in [6, 6.07) is 1.64. The highest BCUT2D eigenvalue weighted by molar-refractivity contribution is 7.98. The number of anilines is 1. The third kappa shape index (κ3) is 1.58. The number of nitrogens with zero attached hydrogens (tertiary/aromatic N) is 1. The fourth-order valence-electron chi connectivity index (χ4n) is 0.965. The lowest BCUT2D eigenvalue weighted by atomic mass is 10.2. The van der Waals surface area contributed by atoms with Gasteiger partial charge in [0.05, 0.1) is 5.56 Å². The monoisotopic (exact) mass is 182 g/mol. The summed E-state index contributed by atoms with van der Waals surface area (Å²) in [5, 5.41) is 0.697. The van der Waals surface area contributed by atoms with Gasteiger partial charge in [0.25, 0.3) is 0 Å². The fraction of sp³-hybridized carbons (Fsp3) is 0.250. The van der Waals surface area contributed by atoms with E-state index in [0.717, 1.165) is 0 Å². The summed E-state index contributed by atoms with van der Waals surface area (Å²) < 4.78 is 0. The van der Waals surface area contributed by atoms with Crippen LogP contribution in [-0.4, -0.2) is 17.0 Å². The van der Waals surface area contributed by atoms with Crippen molar-refractivity contribution in [3.63, 3.8) is 0 Å². The van der Waals surface area contributed by atoms with Gasteiger partial charge in [0.1, 0.15) is 5.03 Å². The number of rotatable bonds is 2. The summed E-state index contributed by atoms with van der Waals surface area (Å²) in [7, 11) is 0. The molecule has 0 aromatic carbocycles. The Morgan fingerprint density at radius 1 is 1.67 bits per heavy atom. The molecule has 1 aromatic rings. The van der Waals surface area contributed by atoms with Crippen molar-refractivity contribution in [3.8, 4) is 0 Å². The Bertz CT molecular complexity index is 312. The van der Waals surface area contributed by atoms with Gasteiger partial charge in [-0.2, -0.15) is 0 Å². The van der Waals surface area contributed by atoms with Crippen LogP contribution in [0.5, 0.6) is 0 Å². The lowest BCUT2D eigenvalue weighted by molar-refractivity contribution is 0.101. The number of ketones is 1. The van der Waals surface area contributed by atoms with Gasteiger partial charge in [0.15, 0.2) is 5.78 Å². The molecule has 0 atom stereocenters. The maximum Gasteiger partial charge on any atom is 0.164 e. The van der Waals surface area contributed by atoms with E-state index in [9.17, 15) is 4.79 Å². The highest BCUT2D eigenvalue weighted by Crippen LogP contribution is 2.22. The third-order valence-electron chi connectivity index (χ3n) is 1.49. The van der Waals surface area contributed by atoms with Gasteiger partial charge in [-0.05, 0) is 19.2 Å². The van der Waals surface area contributed by atoms with Gasteiger partial charge in [-0.3, -0.25) is 4.79 Å². The minimum atomic E-state index is -0.0371. The van der Waals surface area contributed by atoms with Crippen molar-refractivity contribution < 1.29 is 4.79 Å². The predicted molar refractivity (Wildman–Crippen MR) is 50.4 cm³/mol. The molecule has 1 heterocycles. The second kappa shape index (κ2) is 3.58. The zero-order valence-electron chi connectivity index (χ0n) is 7.00. The number of thioether (sulfide) groups is 1. The molecule has 0 bridgehead atoms. The first-order chi connectivity index (χ1) is 5.66.